The molecule has 5 N–H and O–H groups in total. The van der Waals surface area contributed by atoms with E-state index >= 15 is 0 Å². The maximum atomic E-state index is 11.1. The number of rotatable bonds is 4. The lowest BCUT2D eigenvalue weighted by molar-refractivity contribution is -0.165. The lowest BCUT2D eigenvalue weighted by atomic mass is 9.69. The van der Waals surface area contributed by atoms with Crippen LogP contribution in [0.4, 0.5) is 0 Å². The second kappa shape index (κ2) is 4.48. The second-order valence-electron chi connectivity index (χ2n) is 3.82. The van der Waals surface area contributed by atoms with Gasteiger partial charge in [-0.2, -0.15) is 0 Å². The molecule has 4 atom stereocenters. The lowest BCUT2D eigenvalue weighted by Crippen LogP contribution is -2.51. The third kappa shape index (κ3) is 2.13. The maximum Gasteiger partial charge on any atom is 0.308 e. The van der Waals surface area contributed by atoms with Crippen molar-refractivity contribution in [2.75, 3.05) is 0 Å². The summed E-state index contributed by atoms with van der Waals surface area (Å²) >= 11 is 0. The van der Waals surface area contributed by atoms with Crippen molar-refractivity contribution in [2.45, 2.75) is 18.9 Å². The first-order valence-electron chi connectivity index (χ1n) is 5.62. The zero-order valence-electron chi connectivity index (χ0n) is 10.2. The Hall–Kier alpha value is -1.63. The molecule has 90 valence electrons. The Kier molecular flexibility index (Phi) is 2.68. The van der Waals surface area contributed by atoms with Crippen molar-refractivity contribution in [3.05, 3.63) is 0 Å². The normalized spacial score (nSPS) is 36.3. The standard InChI is InChI=1S/C9H13NO6/c10-4-2-1-3(7(11)12)5(8(13)14)6(4)9(15)16/h3-6H,1-2,10H2,(H,11,12)(H,13,14)(H,15,16)/t3-,4+,5-,6+/m0/s1/i/hD2. The fourth-order valence-corrected chi connectivity index (χ4v) is 2.12. The molecule has 0 aromatic heterocycles. The first-order chi connectivity index (χ1) is 8.27. The smallest absolute Gasteiger partial charge is 0.308 e. The van der Waals surface area contributed by atoms with Gasteiger partial charge >= 0.3 is 17.9 Å². The van der Waals surface area contributed by atoms with Crippen LogP contribution in [0.5, 0.6) is 0 Å². The van der Waals surface area contributed by atoms with Crippen LogP contribution in [0.15, 0.2) is 0 Å². The van der Waals surface area contributed by atoms with E-state index in [2.05, 4.69) is 0 Å². The predicted octanol–water partition coefficient (Wildman–Crippen LogP) is -0.790. The molecule has 7 nitrogen and oxygen atoms in total. The van der Waals surface area contributed by atoms with Gasteiger partial charge in [0.15, 0.2) is 0 Å². The van der Waals surface area contributed by atoms with E-state index in [-0.39, 0.29) is 18.6 Å². The third-order valence-corrected chi connectivity index (χ3v) is 2.90. The summed E-state index contributed by atoms with van der Waals surface area (Å²) in [5.41, 5.74) is 0.146. The summed E-state index contributed by atoms with van der Waals surface area (Å²) in [4.78, 5) is 33.1. The van der Waals surface area contributed by atoms with Gasteiger partial charge in [-0.3, -0.25) is 14.4 Å². The molecule has 0 radical (unpaired) electrons. The van der Waals surface area contributed by atoms with Crippen LogP contribution in [0.2, 0.25) is 2.82 Å². The number of nitrogens with two attached hydrogens (primary N) is 1. The van der Waals surface area contributed by atoms with Crippen molar-refractivity contribution in [1.29, 1.82) is 0 Å². The van der Waals surface area contributed by atoms with Crippen molar-refractivity contribution in [2.24, 2.45) is 23.5 Å². The molecule has 0 heterocycles. The SMILES string of the molecule is [2H]N([2H])[C@@H]1CC[C@H](C(=O)O)[C@H](C(=O)O)[C@@H]1C(=O)O. The van der Waals surface area contributed by atoms with E-state index in [1.165, 1.54) is 0 Å². The first-order valence-corrected chi connectivity index (χ1v) is 4.72. The Bertz CT molecular complexity index is 374. The highest BCUT2D eigenvalue weighted by Crippen LogP contribution is 2.35. The molecule has 0 amide bonds. The molecule has 1 aliphatic carbocycles. The number of carboxylic acids is 3. The molecule has 1 rings (SSSR count). The van der Waals surface area contributed by atoms with Gasteiger partial charge in [0.05, 0.1) is 17.8 Å². The van der Waals surface area contributed by atoms with Crippen LogP contribution in [0.1, 0.15) is 12.8 Å². The Balaban J connectivity index is 3.14. The van der Waals surface area contributed by atoms with Crippen LogP contribution in [-0.2, 0) is 14.4 Å². The van der Waals surface area contributed by atoms with E-state index in [9.17, 15) is 14.4 Å². The summed E-state index contributed by atoms with van der Waals surface area (Å²) in [5.74, 6) is -8.90. The van der Waals surface area contributed by atoms with Crippen LogP contribution in [0.25, 0.3) is 0 Å². The fourth-order valence-electron chi connectivity index (χ4n) is 2.12. The summed E-state index contributed by atoms with van der Waals surface area (Å²) in [5, 5.41) is 27.0. The second-order valence-corrected chi connectivity index (χ2v) is 3.82. The molecule has 1 aliphatic rings. The number of hydrogen-bond acceptors (Lipinski definition) is 4. The molecule has 0 aromatic rings. The molecule has 0 aliphatic heterocycles. The molecule has 0 saturated heterocycles. The summed E-state index contributed by atoms with van der Waals surface area (Å²) in [7, 11) is 0. The first kappa shape index (κ1) is 9.59. The molecule has 1 saturated carbocycles. The van der Waals surface area contributed by atoms with Crippen molar-refractivity contribution >= 4 is 17.9 Å². The topological polar surface area (TPSA) is 138 Å². The Morgan fingerprint density at radius 1 is 1.00 bits per heavy atom. The number of carboxylic acid groups (broad SMARTS) is 3. The van der Waals surface area contributed by atoms with Gasteiger partial charge in [0.25, 0.3) is 0 Å². The van der Waals surface area contributed by atoms with Gasteiger partial charge in [0, 0.05) is 6.04 Å². The van der Waals surface area contributed by atoms with E-state index < -0.39 is 41.7 Å². The van der Waals surface area contributed by atoms with Crippen LogP contribution in [0, 0.1) is 17.8 Å². The molecule has 16 heavy (non-hydrogen) atoms. The fraction of sp³-hybridized carbons (Fsp3) is 0.667. The van der Waals surface area contributed by atoms with Crippen molar-refractivity contribution in [3.63, 3.8) is 0 Å². The Morgan fingerprint density at radius 2 is 1.56 bits per heavy atom. The van der Waals surface area contributed by atoms with Gasteiger partial charge in [-0.25, -0.2) is 0 Å². The molecule has 0 unspecified atom stereocenters. The molecule has 1 fully saturated rings. The van der Waals surface area contributed by atoms with Crippen molar-refractivity contribution < 1.29 is 32.5 Å². The molecule has 0 bridgehead atoms. The highest BCUT2D eigenvalue weighted by atomic mass is 16.4. The minimum Gasteiger partial charge on any atom is -0.481 e. The van der Waals surface area contributed by atoms with Gasteiger partial charge in [-0.05, 0) is 12.8 Å². The summed E-state index contributed by atoms with van der Waals surface area (Å²) in [6.07, 6.45) is -0.0697. The zero-order valence-corrected chi connectivity index (χ0v) is 8.24. The van der Waals surface area contributed by atoms with E-state index in [1.54, 1.807) is 0 Å². The minimum atomic E-state index is -1.63. The largest absolute Gasteiger partial charge is 0.481 e. The van der Waals surface area contributed by atoms with Gasteiger partial charge in [-0.15, -0.1) is 0 Å². The van der Waals surface area contributed by atoms with Gasteiger partial charge in [0.1, 0.15) is 2.82 Å². The van der Waals surface area contributed by atoms with E-state index in [4.69, 9.17) is 18.1 Å². The molecular formula is C9H13NO6. The van der Waals surface area contributed by atoms with Crippen molar-refractivity contribution in [1.82, 2.24) is 0 Å². The molecule has 0 spiro atoms. The minimum absolute atomic E-state index is 0.00921. The summed E-state index contributed by atoms with van der Waals surface area (Å²) in [6.45, 7) is 0. The Morgan fingerprint density at radius 3 is 1.94 bits per heavy atom. The molecule has 0 aromatic carbocycles. The van der Waals surface area contributed by atoms with Gasteiger partial charge < -0.3 is 21.0 Å². The Labute approximate surface area is 93.8 Å². The van der Waals surface area contributed by atoms with Crippen LogP contribution in [-0.4, -0.2) is 39.3 Å². The zero-order chi connectivity index (χ0) is 14.0. The average Bonchev–Trinajstić information content (AvgIpc) is 2.26. The summed E-state index contributed by atoms with van der Waals surface area (Å²) in [6, 6.07) is -1.13. The van der Waals surface area contributed by atoms with Crippen molar-refractivity contribution in [3.8, 4) is 0 Å². The average molecular weight is 233 g/mol. The number of aliphatic carboxylic acids is 3. The number of hydrogen-bond donors (Lipinski definition) is 4. The maximum absolute atomic E-state index is 11.1. The van der Waals surface area contributed by atoms with Crippen LogP contribution >= 0.6 is 0 Å². The monoisotopic (exact) mass is 233 g/mol. The van der Waals surface area contributed by atoms with Crippen LogP contribution in [0.3, 0.4) is 0 Å². The lowest BCUT2D eigenvalue weighted by Gasteiger charge is -2.34. The van der Waals surface area contributed by atoms with E-state index in [0.717, 1.165) is 0 Å². The van der Waals surface area contributed by atoms with Gasteiger partial charge in [-0.1, -0.05) is 0 Å². The predicted molar refractivity (Wildman–Crippen MR) is 50.6 cm³/mol. The molecular weight excluding hydrogens is 218 g/mol. The summed E-state index contributed by atoms with van der Waals surface area (Å²) < 4.78 is 14.2. The van der Waals surface area contributed by atoms with Gasteiger partial charge in [0.2, 0.25) is 0 Å². The van der Waals surface area contributed by atoms with Crippen LogP contribution < -0.4 is 5.72 Å². The van der Waals surface area contributed by atoms with E-state index in [1.807, 2.05) is 0 Å². The quantitative estimate of drug-likeness (QED) is 0.499. The van der Waals surface area contributed by atoms with E-state index in [0.29, 0.717) is 0 Å². The third-order valence-electron chi connectivity index (χ3n) is 2.90. The molecule has 7 heteroatoms. The highest BCUT2D eigenvalue weighted by Gasteiger charge is 2.49. The highest BCUT2D eigenvalue weighted by molar-refractivity contribution is 5.86. The number of carbonyl (C=O) groups is 3.